The molecular formula is C13H23NO2. The quantitative estimate of drug-likeness (QED) is 0.578. The minimum absolute atomic E-state index is 0.0408. The number of ether oxygens (including phenoxy) is 1. The average Bonchev–Trinajstić information content (AvgIpc) is 2.59. The normalized spacial score (nSPS) is 28.4. The fourth-order valence-electron chi connectivity index (χ4n) is 2.67. The SMILES string of the molecule is O=C(OC1CCCCCC1)C1CCCNC1. The predicted molar refractivity (Wildman–Crippen MR) is 63.2 cm³/mol. The van der Waals surface area contributed by atoms with Crippen molar-refractivity contribution in [1.82, 2.24) is 5.32 Å². The molecule has 2 rings (SSSR count). The van der Waals surface area contributed by atoms with E-state index in [1.165, 1.54) is 25.7 Å². The van der Waals surface area contributed by atoms with E-state index in [-0.39, 0.29) is 18.0 Å². The van der Waals surface area contributed by atoms with Crippen molar-refractivity contribution in [2.75, 3.05) is 13.1 Å². The van der Waals surface area contributed by atoms with Gasteiger partial charge in [-0.3, -0.25) is 4.79 Å². The first kappa shape index (κ1) is 11.9. The van der Waals surface area contributed by atoms with Gasteiger partial charge in [0.1, 0.15) is 6.10 Å². The highest BCUT2D eigenvalue weighted by Gasteiger charge is 2.25. The molecule has 16 heavy (non-hydrogen) atoms. The number of carbonyl (C=O) groups excluding carboxylic acids is 1. The van der Waals surface area contributed by atoms with Crippen LogP contribution in [0.4, 0.5) is 0 Å². The molecule has 0 aromatic rings. The molecule has 3 heteroatoms. The number of carbonyl (C=O) groups is 1. The van der Waals surface area contributed by atoms with Crippen LogP contribution in [0.2, 0.25) is 0 Å². The summed E-state index contributed by atoms with van der Waals surface area (Å²) >= 11 is 0. The molecule has 1 atom stereocenters. The Morgan fingerprint density at radius 1 is 1.00 bits per heavy atom. The Balaban J connectivity index is 1.76. The summed E-state index contributed by atoms with van der Waals surface area (Å²) in [6.45, 7) is 1.86. The number of piperidine rings is 1. The summed E-state index contributed by atoms with van der Waals surface area (Å²) in [6.07, 6.45) is 9.51. The Labute approximate surface area is 97.9 Å². The highest BCUT2D eigenvalue weighted by molar-refractivity contribution is 5.73. The molecular weight excluding hydrogens is 202 g/mol. The van der Waals surface area contributed by atoms with Gasteiger partial charge in [-0.1, -0.05) is 12.8 Å². The van der Waals surface area contributed by atoms with Gasteiger partial charge in [-0.15, -0.1) is 0 Å². The number of hydrogen-bond acceptors (Lipinski definition) is 3. The van der Waals surface area contributed by atoms with Gasteiger partial charge < -0.3 is 10.1 Å². The summed E-state index contributed by atoms with van der Waals surface area (Å²) in [5.41, 5.74) is 0. The monoisotopic (exact) mass is 225 g/mol. The van der Waals surface area contributed by atoms with Gasteiger partial charge in [0.15, 0.2) is 0 Å². The van der Waals surface area contributed by atoms with Crippen molar-refractivity contribution in [1.29, 1.82) is 0 Å². The Bertz CT molecular complexity index is 216. The van der Waals surface area contributed by atoms with E-state index in [0.717, 1.165) is 38.8 Å². The van der Waals surface area contributed by atoms with Crippen molar-refractivity contribution in [2.24, 2.45) is 5.92 Å². The standard InChI is InChI=1S/C13H23NO2/c15-13(11-6-5-9-14-10-11)16-12-7-3-1-2-4-8-12/h11-12,14H,1-10H2. The maximum atomic E-state index is 11.9. The van der Waals surface area contributed by atoms with Crippen LogP contribution in [0.5, 0.6) is 0 Å². The Morgan fingerprint density at radius 3 is 2.38 bits per heavy atom. The molecule has 0 spiro atoms. The molecule has 2 fully saturated rings. The molecule has 0 aromatic heterocycles. The molecule has 1 N–H and O–H groups in total. The second kappa shape index (κ2) is 6.24. The topological polar surface area (TPSA) is 38.3 Å². The smallest absolute Gasteiger partial charge is 0.310 e. The first-order chi connectivity index (χ1) is 7.86. The van der Waals surface area contributed by atoms with Crippen LogP contribution in [0.15, 0.2) is 0 Å². The molecule has 1 unspecified atom stereocenters. The van der Waals surface area contributed by atoms with E-state index in [2.05, 4.69) is 5.32 Å². The van der Waals surface area contributed by atoms with Crippen molar-refractivity contribution in [3.05, 3.63) is 0 Å². The average molecular weight is 225 g/mol. The lowest BCUT2D eigenvalue weighted by Gasteiger charge is -2.24. The second-order valence-electron chi connectivity index (χ2n) is 5.09. The maximum Gasteiger partial charge on any atom is 0.310 e. The zero-order chi connectivity index (χ0) is 11.2. The van der Waals surface area contributed by atoms with Gasteiger partial charge in [-0.2, -0.15) is 0 Å². The van der Waals surface area contributed by atoms with Crippen LogP contribution in [0.3, 0.4) is 0 Å². The van der Waals surface area contributed by atoms with E-state index in [0.29, 0.717) is 0 Å². The summed E-state index contributed by atoms with van der Waals surface area (Å²) in [6, 6.07) is 0. The lowest BCUT2D eigenvalue weighted by atomic mass is 10.00. The molecule has 0 radical (unpaired) electrons. The van der Waals surface area contributed by atoms with Gasteiger partial charge in [0, 0.05) is 6.54 Å². The van der Waals surface area contributed by atoms with Crippen LogP contribution in [0.25, 0.3) is 0 Å². The molecule has 0 aromatic carbocycles. The third-order valence-electron chi connectivity index (χ3n) is 3.72. The second-order valence-corrected chi connectivity index (χ2v) is 5.09. The van der Waals surface area contributed by atoms with Gasteiger partial charge in [0.2, 0.25) is 0 Å². The van der Waals surface area contributed by atoms with Crippen LogP contribution in [0, 0.1) is 5.92 Å². The summed E-state index contributed by atoms with van der Waals surface area (Å²) < 4.78 is 5.63. The van der Waals surface area contributed by atoms with Crippen LogP contribution in [-0.4, -0.2) is 25.2 Å². The molecule has 1 aliphatic carbocycles. The summed E-state index contributed by atoms with van der Waals surface area (Å²) in [5, 5.41) is 3.26. The molecule has 1 heterocycles. The fraction of sp³-hybridized carbons (Fsp3) is 0.923. The van der Waals surface area contributed by atoms with Crippen molar-refractivity contribution in [3.63, 3.8) is 0 Å². The number of rotatable bonds is 2. The van der Waals surface area contributed by atoms with E-state index >= 15 is 0 Å². The van der Waals surface area contributed by atoms with Gasteiger partial charge in [0.05, 0.1) is 5.92 Å². The van der Waals surface area contributed by atoms with Gasteiger partial charge >= 0.3 is 5.97 Å². The van der Waals surface area contributed by atoms with Crippen LogP contribution < -0.4 is 5.32 Å². The maximum absolute atomic E-state index is 11.9. The first-order valence-corrected chi connectivity index (χ1v) is 6.77. The van der Waals surface area contributed by atoms with Crippen LogP contribution >= 0.6 is 0 Å². The van der Waals surface area contributed by atoms with Gasteiger partial charge in [0.25, 0.3) is 0 Å². The van der Waals surface area contributed by atoms with Crippen molar-refractivity contribution in [2.45, 2.75) is 57.5 Å². The molecule has 0 bridgehead atoms. The molecule has 3 nitrogen and oxygen atoms in total. The Hall–Kier alpha value is -0.570. The number of hydrogen-bond donors (Lipinski definition) is 1. The zero-order valence-electron chi connectivity index (χ0n) is 10.0. The number of nitrogens with one attached hydrogen (secondary N) is 1. The van der Waals surface area contributed by atoms with Gasteiger partial charge in [-0.05, 0) is 45.1 Å². The number of esters is 1. The third kappa shape index (κ3) is 3.48. The van der Waals surface area contributed by atoms with Crippen molar-refractivity contribution < 1.29 is 9.53 Å². The van der Waals surface area contributed by atoms with E-state index in [1.54, 1.807) is 0 Å². The van der Waals surface area contributed by atoms with E-state index < -0.39 is 0 Å². The van der Waals surface area contributed by atoms with E-state index in [1.807, 2.05) is 0 Å². The minimum atomic E-state index is 0.0408. The first-order valence-electron chi connectivity index (χ1n) is 6.77. The lowest BCUT2D eigenvalue weighted by molar-refractivity contribution is -0.155. The van der Waals surface area contributed by atoms with Crippen molar-refractivity contribution in [3.8, 4) is 0 Å². The molecule has 1 saturated heterocycles. The lowest BCUT2D eigenvalue weighted by Crippen LogP contribution is -2.36. The Kier molecular flexibility index (Phi) is 4.64. The molecule has 1 aliphatic heterocycles. The highest BCUT2D eigenvalue weighted by Crippen LogP contribution is 2.22. The summed E-state index contributed by atoms with van der Waals surface area (Å²) in [4.78, 5) is 11.9. The largest absolute Gasteiger partial charge is 0.462 e. The van der Waals surface area contributed by atoms with E-state index in [9.17, 15) is 4.79 Å². The Morgan fingerprint density at radius 2 is 1.75 bits per heavy atom. The molecule has 2 aliphatic rings. The highest BCUT2D eigenvalue weighted by atomic mass is 16.5. The van der Waals surface area contributed by atoms with E-state index in [4.69, 9.17) is 4.74 Å². The van der Waals surface area contributed by atoms with Crippen LogP contribution in [-0.2, 0) is 9.53 Å². The summed E-state index contributed by atoms with van der Waals surface area (Å²) in [5.74, 6) is 0.149. The molecule has 1 saturated carbocycles. The third-order valence-corrected chi connectivity index (χ3v) is 3.72. The predicted octanol–water partition coefficient (Wildman–Crippen LogP) is 2.25. The minimum Gasteiger partial charge on any atom is -0.462 e. The fourth-order valence-corrected chi connectivity index (χ4v) is 2.67. The molecule has 92 valence electrons. The molecule has 0 amide bonds. The zero-order valence-corrected chi connectivity index (χ0v) is 10.0. The van der Waals surface area contributed by atoms with Crippen molar-refractivity contribution >= 4 is 5.97 Å². The van der Waals surface area contributed by atoms with Crippen LogP contribution in [0.1, 0.15) is 51.4 Å². The summed E-state index contributed by atoms with van der Waals surface area (Å²) in [7, 11) is 0. The van der Waals surface area contributed by atoms with Gasteiger partial charge in [-0.25, -0.2) is 0 Å².